The zero-order valence-corrected chi connectivity index (χ0v) is 11.3. The van der Waals surface area contributed by atoms with Gasteiger partial charge in [-0.1, -0.05) is 30.3 Å². The van der Waals surface area contributed by atoms with E-state index in [0.717, 1.165) is 5.56 Å². The minimum Gasteiger partial charge on any atom is -0.499 e. The number of carbonyl (C=O) groups is 1. The average Bonchev–Trinajstić information content (AvgIpc) is 2.47. The molecule has 0 fully saturated rings. The Morgan fingerprint density at radius 1 is 1.24 bits per heavy atom. The van der Waals surface area contributed by atoms with Crippen molar-refractivity contribution in [1.29, 1.82) is 0 Å². The fourth-order valence-electron chi connectivity index (χ4n) is 2.01. The van der Waals surface area contributed by atoms with E-state index < -0.39 is 22.1 Å². The molecule has 0 unspecified atom stereocenters. The van der Waals surface area contributed by atoms with Crippen LogP contribution in [0.4, 0.5) is 5.69 Å². The molecular formula is C15H13NO5. The van der Waals surface area contributed by atoms with Gasteiger partial charge in [0.1, 0.15) is 0 Å². The Labute approximate surface area is 120 Å². The van der Waals surface area contributed by atoms with Crippen LogP contribution in [0.2, 0.25) is 0 Å². The number of nitrogens with zero attached hydrogens (tertiary/aromatic N) is 1. The van der Waals surface area contributed by atoms with Crippen LogP contribution in [0, 0.1) is 10.1 Å². The van der Waals surface area contributed by atoms with Crippen molar-refractivity contribution in [2.24, 2.45) is 0 Å². The molecule has 1 N–H and O–H groups in total. The highest BCUT2D eigenvalue weighted by molar-refractivity contribution is 6.02. The largest absolute Gasteiger partial charge is 0.499 e. The number of hydrogen-bond donors (Lipinski definition) is 1. The van der Waals surface area contributed by atoms with E-state index in [0.29, 0.717) is 0 Å². The maximum Gasteiger partial charge on any atom is 0.325 e. The first-order valence-electron chi connectivity index (χ1n) is 6.16. The summed E-state index contributed by atoms with van der Waals surface area (Å²) in [4.78, 5) is 22.6. The molecule has 0 atom stereocenters. The highest BCUT2D eigenvalue weighted by atomic mass is 16.6. The molecule has 0 aliphatic heterocycles. The fraction of sp³-hybridized carbons (Fsp3) is 0.133. The topological polar surface area (TPSA) is 89.7 Å². The lowest BCUT2D eigenvalue weighted by molar-refractivity contribution is -0.386. The summed E-state index contributed by atoms with van der Waals surface area (Å²) in [5.74, 6) is -1.12. The summed E-state index contributed by atoms with van der Waals surface area (Å²) in [6.45, 7) is 0. The van der Waals surface area contributed by atoms with E-state index in [1.165, 1.54) is 19.2 Å². The number of hydrogen-bond acceptors (Lipinski definition) is 5. The van der Waals surface area contributed by atoms with E-state index >= 15 is 0 Å². The van der Waals surface area contributed by atoms with Gasteiger partial charge < -0.3 is 9.84 Å². The Balaban J connectivity index is 2.41. The van der Waals surface area contributed by atoms with Gasteiger partial charge in [-0.05, 0) is 17.7 Å². The Morgan fingerprint density at radius 2 is 1.90 bits per heavy atom. The minimum atomic E-state index is -0.782. The zero-order chi connectivity index (χ0) is 15.4. The number of phenolic OH excluding ortho intramolecular Hbond substituents is 1. The second-order valence-electron chi connectivity index (χ2n) is 4.36. The molecule has 0 heterocycles. The Kier molecular flexibility index (Phi) is 4.18. The second-order valence-corrected chi connectivity index (χ2v) is 4.36. The lowest BCUT2D eigenvalue weighted by atomic mass is 10.0. The van der Waals surface area contributed by atoms with Gasteiger partial charge in [0.15, 0.2) is 11.5 Å². The second kappa shape index (κ2) is 6.04. The molecule has 6 nitrogen and oxygen atoms in total. The summed E-state index contributed by atoms with van der Waals surface area (Å²) in [6, 6.07) is 11.5. The fourth-order valence-corrected chi connectivity index (χ4v) is 2.01. The predicted octanol–water partition coefficient (Wildman–Crippen LogP) is 2.73. The van der Waals surface area contributed by atoms with Crippen LogP contribution in [0.15, 0.2) is 42.5 Å². The highest BCUT2D eigenvalue weighted by Crippen LogP contribution is 2.38. The number of ether oxygens (including phenoxy) is 1. The van der Waals surface area contributed by atoms with Gasteiger partial charge in [-0.3, -0.25) is 14.9 Å². The molecule has 2 aromatic carbocycles. The lowest BCUT2D eigenvalue weighted by Gasteiger charge is -2.07. The van der Waals surface area contributed by atoms with Crippen molar-refractivity contribution in [3.63, 3.8) is 0 Å². The van der Waals surface area contributed by atoms with Crippen molar-refractivity contribution in [2.75, 3.05) is 7.11 Å². The van der Waals surface area contributed by atoms with E-state index in [4.69, 9.17) is 4.74 Å². The molecule has 108 valence electrons. The molecule has 0 aromatic heterocycles. The Bertz CT molecular complexity index is 682. The standard InChI is InChI=1S/C15H13NO5/c1-21-13-8-7-11(14(15(13)18)16(19)20)12(17)9-10-5-3-2-4-6-10/h2-8,18H,9H2,1H3. The van der Waals surface area contributed by atoms with Gasteiger partial charge in [0.25, 0.3) is 0 Å². The van der Waals surface area contributed by atoms with Crippen molar-refractivity contribution in [3.05, 3.63) is 63.7 Å². The van der Waals surface area contributed by atoms with E-state index in [-0.39, 0.29) is 17.7 Å². The summed E-state index contributed by atoms with van der Waals surface area (Å²) in [6.07, 6.45) is 0.0213. The summed E-state index contributed by atoms with van der Waals surface area (Å²) in [5.41, 5.74) is -0.0236. The molecule has 0 spiro atoms. The van der Waals surface area contributed by atoms with Crippen molar-refractivity contribution in [3.8, 4) is 11.5 Å². The van der Waals surface area contributed by atoms with Gasteiger partial charge in [-0.25, -0.2) is 0 Å². The van der Waals surface area contributed by atoms with Gasteiger partial charge in [0.05, 0.1) is 17.6 Å². The number of carbonyl (C=O) groups excluding carboxylic acids is 1. The number of Topliss-reactive ketones (excluding diaryl/α,β-unsaturated/α-hetero) is 1. The van der Waals surface area contributed by atoms with Crippen LogP contribution in [0.5, 0.6) is 11.5 Å². The molecule has 0 saturated carbocycles. The van der Waals surface area contributed by atoms with Crippen molar-refractivity contribution in [2.45, 2.75) is 6.42 Å². The number of phenols is 1. The first-order valence-corrected chi connectivity index (χ1v) is 6.16. The molecule has 0 aliphatic carbocycles. The van der Waals surface area contributed by atoms with E-state index in [1.807, 2.05) is 6.07 Å². The van der Waals surface area contributed by atoms with Crippen LogP contribution in [0.1, 0.15) is 15.9 Å². The number of nitro groups is 1. The molecule has 6 heteroatoms. The van der Waals surface area contributed by atoms with E-state index in [2.05, 4.69) is 0 Å². The number of nitro benzene ring substituents is 1. The monoisotopic (exact) mass is 287 g/mol. The maximum absolute atomic E-state index is 12.2. The molecule has 0 bridgehead atoms. The normalized spacial score (nSPS) is 10.1. The molecule has 2 aromatic rings. The smallest absolute Gasteiger partial charge is 0.325 e. The number of aromatic hydroxyl groups is 1. The van der Waals surface area contributed by atoms with Crippen LogP contribution in [-0.2, 0) is 6.42 Å². The lowest BCUT2D eigenvalue weighted by Crippen LogP contribution is -2.07. The maximum atomic E-state index is 12.2. The van der Waals surface area contributed by atoms with Crippen molar-refractivity contribution in [1.82, 2.24) is 0 Å². The SMILES string of the molecule is COc1ccc(C(=O)Cc2ccccc2)c([N+](=O)[O-])c1O. The summed E-state index contributed by atoms with van der Waals surface area (Å²) in [7, 11) is 1.28. The number of methoxy groups -OCH3 is 1. The Hall–Kier alpha value is -2.89. The van der Waals surface area contributed by atoms with Crippen LogP contribution >= 0.6 is 0 Å². The van der Waals surface area contributed by atoms with Gasteiger partial charge in [-0.15, -0.1) is 0 Å². The van der Waals surface area contributed by atoms with Crippen LogP contribution in [0.25, 0.3) is 0 Å². The minimum absolute atomic E-state index is 0.0213. The molecule has 0 aliphatic rings. The van der Waals surface area contributed by atoms with Crippen LogP contribution < -0.4 is 4.74 Å². The predicted molar refractivity (Wildman–Crippen MR) is 75.8 cm³/mol. The molecule has 2 rings (SSSR count). The molecule has 0 saturated heterocycles. The number of benzene rings is 2. The quantitative estimate of drug-likeness (QED) is 0.519. The van der Waals surface area contributed by atoms with Gasteiger partial charge in [0.2, 0.25) is 5.75 Å². The van der Waals surface area contributed by atoms with Gasteiger partial charge in [-0.2, -0.15) is 0 Å². The first kappa shape index (κ1) is 14.5. The molecule has 0 radical (unpaired) electrons. The van der Waals surface area contributed by atoms with Gasteiger partial charge >= 0.3 is 5.69 Å². The van der Waals surface area contributed by atoms with E-state index in [1.54, 1.807) is 24.3 Å². The summed E-state index contributed by atoms with van der Waals surface area (Å²) >= 11 is 0. The number of rotatable bonds is 5. The van der Waals surface area contributed by atoms with Crippen LogP contribution in [-0.4, -0.2) is 22.9 Å². The zero-order valence-electron chi connectivity index (χ0n) is 11.3. The summed E-state index contributed by atoms with van der Waals surface area (Å²) < 4.78 is 4.82. The highest BCUT2D eigenvalue weighted by Gasteiger charge is 2.27. The third-order valence-electron chi connectivity index (χ3n) is 3.02. The first-order chi connectivity index (χ1) is 10.0. The third kappa shape index (κ3) is 3.00. The molecule has 0 amide bonds. The Morgan fingerprint density at radius 3 is 2.48 bits per heavy atom. The van der Waals surface area contributed by atoms with Crippen molar-refractivity contribution >= 4 is 11.5 Å². The van der Waals surface area contributed by atoms with Crippen molar-refractivity contribution < 1.29 is 19.6 Å². The van der Waals surface area contributed by atoms with Crippen LogP contribution in [0.3, 0.4) is 0 Å². The average molecular weight is 287 g/mol. The molecular weight excluding hydrogens is 274 g/mol. The van der Waals surface area contributed by atoms with E-state index in [9.17, 15) is 20.0 Å². The number of ketones is 1. The van der Waals surface area contributed by atoms with Gasteiger partial charge in [0, 0.05) is 6.42 Å². The molecule has 21 heavy (non-hydrogen) atoms. The summed E-state index contributed by atoms with van der Waals surface area (Å²) in [5, 5.41) is 20.9. The third-order valence-corrected chi connectivity index (χ3v) is 3.02.